The van der Waals surface area contributed by atoms with Gasteiger partial charge in [-0.15, -0.1) is 0 Å². The minimum Gasteiger partial charge on any atom is -0.349 e. The van der Waals surface area contributed by atoms with Gasteiger partial charge in [0.15, 0.2) is 0 Å². The maximum Gasteiger partial charge on any atom is 0.393 e. The van der Waals surface area contributed by atoms with Crippen molar-refractivity contribution in [3.8, 4) is 0 Å². The normalized spacial score (nSPS) is 23.9. The van der Waals surface area contributed by atoms with E-state index in [9.17, 15) is 18.0 Å². The molecule has 0 unspecified atom stereocenters. The van der Waals surface area contributed by atoms with Crippen molar-refractivity contribution in [2.24, 2.45) is 5.92 Å². The minimum atomic E-state index is -4.26. The topological polar surface area (TPSA) is 42.0 Å². The highest BCUT2D eigenvalue weighted by molar-refractivity contribution is 5.94. The van der Waals surface area contributed by atoms with Gasteiger partial charge in [-0.05, 0) is 25.0 Å². The molecule has 2 rings (SSSR count). The smallest absolute Gasteiger partial charge is 0.349 e. The lowest BCUT2D eigenvalue weighted by Gasteiger charge is -2.33. The number of aromatic nitrogens is 1. The standard InChI is InChI=1S/C13H15F3N2O/c14-13(15,16)10-5-1-2-6-11(10)18-12(19)9-4-3-7-17-8-9/h3-4,7-8,10-11H,1-2,5-6H2,(H,18,19)/t10-,11-/m0/s1. The molecule has 1 aliphatic carbocycles. The second-order valence-corrected chi connectivity index (χ2v) is 4.75. The van der Waals surface area contributed by atoms with Gasteiger partial charge in [0.1, 0.15) is 0 Å². The summed E-state index contributed by atoms with van der Waals surface area (Å²) in [4.78, 5) is 15.7. The predicted molar refractivity (Wildman–Crippen MR) is 63.5 cm³/mol. The van der Waals surface area contributed by atoms with Gasteiger partial charge >= 0.3 is 6.18 Å². The van der Waals surface area contributed by atoms with Crippen molar-refractivity contribution in [3.05, 3.63) is 30.1 Å². The van der Waals surface area contributed by atoms with E-state index >= 15 is 0 Å². The van der Waals surface area contributed by atoms with Crippen LogP contribution in [0.2, 0.25) is 0 Å². The fraction of sp³-hybridized carbons (Fsp3) is 0.538. The maximum atomic E-state index is 12.9. The van der Waals surface area contributed by atoms with Crippen LogP contribution in [-0.2, 0) is 0 Å². The fourth-order valence-electron chi connectivity index (χ4n) is 2.44. The third-order valence-corrected chi connectivity index (χ3v) is 3.43. The number of nitrogens with one attached hydrogen (secondary N) is 1. The van der Waals surface area contributed by atoms with Crippen molar-refractivity contribution in [3.63, 3.8) is 0 Å². The Bertz CT molecular complexity index is 433. The number of hydrogen-bond donors (Lipinski definition) is 1. The highest BCUT2D eigenvalue weighted by atomic mass is 19.4. The summed E-state index contributed by atoms with van der Waals surface area (Å²) < 4.78 is 38.6. The molecule has 0 aromatic carbocycles. The molecule has 1 fully saturated rings. The summed E-state index contributed by atoms with van der Waals surface area (Å²) in [6.07, 6.45) is 0.329. The molecule has 0 aliphatic heterocycles. The van der Waals surface area contributed by atoms with E-state index in [4.69, 9.17) is 0 Å². The third kappa shape index (κ3) is 3.45. The summed E-state index contributed by atoms with van der Waals surface area (Å²) in [5.74, 6) is -1.93. The van der Waals surface area contributed by atoms with Crippen LogP contribution in [0.4, 0.5) is 13.2 Å². The summed E-state index contributed by atoms with van der Waals surface area (Å²) in [6, 6.07) is 2.28. The van der Waals surface area contributed by atoms with E-state index in [0.29, 0.717) is 19.3 Å². The molecule has 19 heavy (non-hydrogen) atoms. The second kappa shape index (κ2) is 5.59. The summed E-state index contributed by atoms with van der Waals surface area (Å²) in [5, 5.41) is 2.49. The first-order valence-corrected chi connectivity index (χ1v) is 6.26. The van der Waals surface area contributed by atoms with Crippen molar-refractivity contribution < 1.29 is 18.0 Å². The average molecular weight is 272 g/mol. The Balaban J connectivity index is 2.06. The lowest BCUT2D eigenvalue weighted by atomic mass is 9.84. The fourth-order valence-corrected chi connectivity index (χ4v) is 2.44. The highest BCUT2D eigenvalue weighted by Gasteiger charge is 2.45. The van der Waals surface area contributed by atoms with Crippen LogP contribution in [0.1, 0.15) is 36.0 Å². The molecule has 0 spiro atoms. The van der Waals surface area contributed by atoms with Crippen LogP contribution in [0, 0.1) is 5.92 Å². The molecule has 1 N–H and O–H groups in total. The quantitative estimate of drug-likeness (QED) is 0.899. The van der Waals surface area contributed by atoms with Crippen LogP contribution in [0.5, 0.6) is 0 Å². The molecule has 3 nitrogen and oxygen atoms in total. The Hall–Kier alpha value is -1.59. The minimum absolute atomic E-state index is 0.0848. The summed E-state index contributed by atoms with van der Waals surface area (Å²) in [6.45, 7) is 0. The van der Waals surface area contributed by atoms with E-state index in [2.05, 4.69) is 10.3 Å². The van der Waals surface area contributed by atoms with E-state index in [1.165, 1.54) is 18.5 Å². The lowest BCUT2D eigenvalue weighted by Crippen LogP contribution is -2.47. The van der Waals surface area contributed by atoms with Gasteiger partial charge in [-0.3, -0.25) is 9.78 Å². The van der Waals surface area contributed by atoms with Crippen LogP contribution < -0.4 is 5.32 Å². The van der Waals surface area contributed by atoms with Crippen molar-refractivity contribution in [2.45, 2.75) is 37.9 Å². The van der Waals surface area contributed by atoms with Crippen LogP contribution in [0.3, 0.4) is 0 Å². The molecule has 1 aromatic rings. The summed E-state index contributed by atoms with van der Waals surface area (Å²) in [5.41, 5.74) is 0.286. The Kier molecular flexibility index (Phi) is 4.07. The van der Waals surface area contributed by atoms with Crippen LogP contribution in [0.15, 0.2) is 24.5 Å². The molecule has 1 aromatic heterocycles. The molecule has 1 saturated carbocycles. The summed E-state index contributed by atoms with van der Waals surface area (Å²) in [7, 11) is 0. The number of hydrogen-bond acceptors (Lipinski definition) is 2. The zero-order valence-corrected chi connectivity index (χ0v) is 10.3. The second-order valence-electron chi connectivity index (χ2n) is 4.75. The number of rotatable bonds is 2. The SMILES string of the molecule is O=C(N[C@H]1CCCC[C@@H]1C(F)(F)F)c1cccnc1. The molecule has 1 aliphatic rings. The number of pyridine rings is 1. The number of alkyl halides is 3. The van der Waals surface area contributed by atoms with Crippen molar-refractivity contribution in [2.75, 3.05) is 0 Å². The van der Waals surface area contributed by atoms with Gasteiger partial charge in [0, 0.05) is 18.4 Å². The molecule has 6 heteroatoms. The average Bonchev–Trinajstić information content (AvgIpc) is 2.39. The van der Waals surface area contributed by atoms with Gasteiger partial charge in [0.2, 0.25) is 0 Å². The first-order chi connectivity index (χ1) is 8.98. The maximum absolute atomic E-state index is 12.9. The number of halogens is 3. The largest absolute Gasteiger partial charge is 0.393 e. The van der Waals surface area contributed by atoms with Gasteiger partial charge in [-0.1, -0.05) is 12.8 Å². The molecule has 1 heterocycles. The molecular formula is C13H15F3N2O. The number of nitrogens with zero attached hydrogens (tertiary/aromatic N) is 1. The van der Waals surface area contributed by atoms with Crippen molar-refractivity contribution in [1.82, 2.24) is 10.3 Å². The van der Waals surface area contributed by atoms with Crippen LogP contribution in [0.25, 0.3) is 0 Å². The highest BCUT2D eigenvalue weighted by Crippen LogP contribution is 2.37. The van der Waals surface area contributed by atoms with E-state index < -0.39 is 24.0 Å². The van der Waals surface area contributed by atoms with Gasteiger partial charge in [-0.25, -0.2) is 0 Å². The number of amides is 1. The molecule has 0 radical (unpaired) electrons. The van der Waals surface area contributed by atoms with Crippen LogP contribution >= 0.6 is 0 Å². The molecular weight excluding hydrogens is 257 g/mol. The zero-order chi connectivity index (χ0) is 13.9. The van der Waals surface area contributed by atoms with E-state index in [1.54, 1.807) is 6.07 Å². The summed E-state index contributed by atoms with van der Waals surface area (Å²) >= 11 is 0. The monoisotopic (exact) mass is 272 g/mol. The molecule has 2 atom stereocenters. The Morgan fingerprint density at radius 3 is 2.68 bits per heavy atom. The molecule has 104 valence electrons. The number of carbonyl (C=O) groups excluding carboxylic acids is 1. The van der Waals surface area contributed by atoms with Gasteiger partial charge in [-0.2, -0.15) is 13.2 Å². The van der Waals surface area contributed by atoms with Crippen molar-refractivity contribution in [1.29, 1.82) is 0 Å². The van der Waals surface area contributed by atoms with Gasteiger partial charge in [0.05, 0.1) is 11.5 Å². The lowest BCUT2D eigenvalue weighted by molar-refractivity contribution is -0.187. The van der Waals surface area contributed by atoms with Gasteiger partial charge in [0.25, 0.3) is 5.91 Å². The van der Waals surface area contributed by atoms with E-state index in [1.807, 2.05) is 0 Å². The van der Waals surface area contributed by atoms with Crippen molar-refractivity contribution >= 4 is 5.91 Å². The molecule has 0 saturated heterocycles. The van der Waals surface area contributed by atoms with E-state index in [-0.39, 0.29) is 12.0 Å². The van der Waals surface area contributed by atoms with Crippen LogP contribution in [-0.4, -0.2) is 23.1 Å². The van der Waals surface area contributed by atoms with Gasteiger partial charge < -0.3 is 5.32 Å². The van der Waals surface area contributed by atoms with E-state index in [0.717, 1.165) is 0 Å². The predicted octanol–water partition coefficient (Wildman–Crippen LogP) is 2.93. The first-order valence-electron chi connectivity index (χ1n) is 6.26. The Morgan fingerprint density at radius 1 is 1.32 bits per heavy atom. The molecule has 0 bridgehead atoms. The Morgan fingerprint density at radius 2 is 2.05 bits per heavy atom. The zero-order valence-electron chi connectivity index (χ0n) is 10.3. The first kappa shape index (κ1) is 13.8. The molecule has 1 amide bonds. The third-order valence-electron chi connectivity index (χ3n) is 3.43. The Labute approximate surface area is 109 Å². The number of carbonyl (C=O) groups is 1.